The molecule has 0 bridgehead atoms. The van der Waals surface area contributed by atoms with Crippen molar-refractivity contribution in [1.29, 1.82) is 0 Å². The third-order valence-electron chi connectivity index (χ3n) is 3.07. The molecular formula is C16H16ClN3O3. The van der Waals surface area contributed by atoms with Crippen molar-refractivity contribution in [1.82, 2.24) is 9.97 Å². The van der Waals surface area contributed by atoms with E-state index in [0.29, 0.717) is 16.5 Å². The van der Waals surface area contributed by atoms with E-state index in [1.165, 1.54) is 6.92 Å². The van der Waals surface area contributed by atoms with E-state index in [-0.39, 0.29) is 12.3 Å². The molecule has 0 aliphatic carbocycles. The SMILES string of the molecule is C[C@@H](OC(=O)CN(C)c1ncccn1)C(=O)c1ccc(Cl)cc1. The molecule has 0 aliphatic rings. The van der Waals surface area contributed by atoms with Crippen LogP contribution < -0.4 is 4.90 Å². The number of hydrogen-bond donors (Lipinski definition) is 0. The number of esters is 1. The molecule has 120 valence electrons. The van der Waals surface area contributed by atoms with Crippen molar-refractivity contribution in [3.63, 3.8) is 0 Å². The largest absolute Gasteiger partial charge is 0.453 e. The first-order chi connectivity index (χ1) is 11.0. The van der Waals surface area contributed by atoms with Gasteiger partial charge in [0.2, 0.25) is 11.7 Å². The minimum atomic E-state index is -0.881. The average Bonchev–Trinajstić information content (AvgIpc) is 2.55. The van der Waals surface area contributed by atoms with Crippen molar-refractivity contribution in [2.75, 3.05) is 18.5 Å². The maximum Gasteiger partial charge on any atom is 0.326 e. The van der Waals surface area contributed by atoms with Crippen LogP contribution in [0.2, 0.25) is 5.02 Å². The third kappa shape index (κ3) is 4.75. The zero-order valence-corrected chi connectivity index (χ0v) is 13.5. The molecule has 6 nitrogen and oxygen atoms in total. The monoisotopic (exact) mass is 333 g/mol. The van der Waals surface area contributed by atoms with Gasteiger partial charge in [-0.05, 0) is 37.3 Å². The normalized spacial score (nSPS) is 11.6. The highest BCUT2D eigenvalue weighted by Crippen LogP contribution is 2.12. The smallest absolute Gasteiger partial charge is 0.326 e. The maximum absolute atomic E-state index is 12.2. The molecule has 0 saturated carbocycles. The minimum Gasteiger partial charge on any atom is -0.453 e. The van der Waals surface area contributed by atoms with Crippen molar-refractivity contribution in [2.24, 2.45) is 0 Å². The Morgan fingerprint density at radius 1 is 1.22 bits per heavy atom. The van der Waals surface area contributed by atoms with E-state index in [2.05, 4.69) is 9.97 Å². The number of hydrogen-bond acceptors (Lipinski definition) is 6. The van der Waals surface area contributed by atoms with Gasteiger partial charge in [-0.2, -0.15) is 0 Å². The Balaban J connectivity index is 1.91. The standard InChI is InChI=1S/C16H16ClN3O3/c1-11(15(22)12-4-6-13(17)7-5-12)23-14(21)10-20(2)16-18-8-3-9-19-16/h3-9,11H,10H2,1-2H3/t11-/m1/s1. The lowest BCUT2D eigenvalue weighted by Gasteiger charge is -2.17. The Morgan fingerprint density at radius 2 is 1.83 bits per heavy atom. The number of nitrogens with zero attached hydrogens (tertiary/aromatic N) is 3. The molecule has 0 aliphatic heterocycles. The number of rotatable bonds is 6. The first-order valence-electron chi connectivity index (χ1n) is 6.95. The Bertz CT molecular complexity index is 677. The molecule has 1 aromatic heterocycles. The van der Waals surface area contributed by atoms with E-state index in [1.807, 2.05) is 0 Å². The molecule has 0 spiro atoms. The van der Waals surface area contributed by atoms with Gasteiger partial charge in [0.15, 0.2) is 6.10 Å². The first kappa shape index (κ1) is 16.9. The molecule has 1 aromatic carbocycles. The highest BCUT2D eigenvalue weighted by atomic mass is 35.5. The van der Waals surface area contributed by atoms with E-state index in [1.54, 1.807) is 54.7 Å². The number of carbonyl (C=O) groups excluding carboxylic acids is 2. The van der Waals surface area contributed by atoms with Crippen molar-refractivity contribution >= 4 is 29.3 Å². The summed E-state index contributed by atoms with van der Waals surface area (Å²) in [4.78, 5) is 33.7. The van der Waals surface area contributed by atoms with Crippen LogP contribution in [0.4, 0.5) is 5.95 Å². The van der Waals surface area contributed by atoms with Crippen LogP contribution in [-0.2, 0) is 9.53 Å². The molecule has 0 N–H and O–H groups in total. The fraction of sp³-hybridized carbons (Fsp3) is 0.250. The summed E-state index contributed by atoms with van der Waals surface area (Å²) in [6.07, 6.45) is 2.28. The molecule has 2 aromatic rings. The van der Waals surface area contributed by atoms with Gasteiger partial charge in [-0.1, -0.05) is 11.6 Å². The van der Waals surface area contributed by atoms with Gasteiger partial charge in [-0.3, -0.25) is 9.59 Å². The molecule has 0 fully saturated rings. The van der Waals surface area contributed by atoms with Crippen LogP contribution in [-0.4, -0.2) is 41.4 Å². The summed E-state index contributed by atoms with van der Waals surface area (Å²) in [5.41, 5.74) is 0.439. The topological polar surface area (TPSA) is 72.4 Å². The molecule has 0 radical (unpaired) electrons. The number of ketones is 1. The number of halogens is 1. The molecule has 1 atom stereocenters. The van der Waals surface area contributed by atoms with Crippen LogP contribution in [0.5, 0.6) is 0 Å². The number of likely N-dealkylation sites (N-methyl/N-ethyl adjacent to an activating group) is 1. The Labute approximate surface area is 139 Å². The van der Waals surface area contributed by atoms with Gasteiger partial charge >= 0.3 is 5.97 Å². The summed E-state index contributed by atoms with van der Waals surface area (Å²) in [6, 6.07) is 8.11. The molecular weight excluding hydrogens is 318 g/mol. The number of benzene rings is 1. The number of Topliss-reactive ketones (excluding diaryl/α,β-unsaturated/α-hetero) is 1. The zero-order valence-electron chi connectivity index (χ0n) is 12.8. The number of anilines is 1. The molecule has 1 heterocycles. The van der Waals surface area contributed by atoms with Gasteiger partial charge in [0.1, 0.15) is 6.54 Å². The molecule has 0 amide bonds. The Morgan fingerprint density at radius 3 is 2.43 bits per heavy atom. The summed E-state index contributed by atoms with van der Waals surface area (Å²) < 4.78 is 5.17. The highest BCUT2D eigenvalue weighted by Gasteiger charge is 2.20. The fourth-order valence-electron chi connectivity index (χ4n) is 1.89. The van der Waals surface area contributed by atoms with Gasteiger partial charge in [0.05, 0.1) is 0 Å². The summed E-state index contributed by atoms with van der Waals surface area (Å²) >= 11 is 5.78. The first-order valence-corrected chi connectivity index (χ1v) is 7.32. The quantitative estimate of drug-likeness (QED) is 0.597. The van der Waals surface area contributed by atoms with Gasteiger partial charge in [0, 0.05) is 30.0 Å². The third-order valence-corrected chi connectivity index (χ3v) is 3.32. The van der Waals surface area contributed by atoms with Gasteiger partial charge in [-0.15, -0.1) is 0 Å². The van der Waals surface area contributed by atoms with Crippen LogP contribution in [0.1, 0.15) is 17.3 Å². The van der Waals surface area contributed by atoms with E-state index < -0.39 is 12.1 Å². The maximum atomic E-state index is 12.2. The lowest BCUT2D eigenvalue weighted by Crippen LogP contribution is -2.32. The zero-order chi connectivity index (χ0) is 16.8. The second-order valence-corrected chi connectivity index (χ2v) is 5.34. The molecule has 2 rings (SSSR count). The predicted octanol–water partition coefficient (Wildman–Crippen LogP) is 2.38. The average molecular weight is 334 g/mol. The number of ether oxygens (including phenoxy) is 1. The number of aromatic nitrogens is 2. The lowest BCUT2D eigenvalue weighted by molar-refractivity contribution is -0.144. The minimum absolute atomic E-state index is 0.0533. The highest BCUT2D eigenvalue weighted by molar-refractivity contribution is 6.30. The Hall–Kier alpha value is -2.47. The van der Waals surface area contributed by atoms with E-state index in [0.717, 1.165) is 0 Å². The fourth-order valence-corrected chi connectivity index (χ4v) is 2.02. The molecule has 0 saturated heterocycles. The van der Waals surface area contributed by atoms with Crippen molar-refractivity contribution in [3.05, 3.63) is 53.3 Å². The molecule has 0 unspecified atom stereocenters. The lowest BCUT2D eigenvalue weighted by atomic mass is 10.1. The van der Waals surface area contributed by atoms with Crippen molar-refractivity contribution < 1.29 is 14.3 Å². The second-order valence-electron chi connectivity index (χ2n) is 4.91. The second kappa shape index (κ2) is 7.69. The molecule has 23 heavy (non-hydrogen) atoms. The van der Waals surface area contributed by atoms with Crippen molar-refractivity contribution in [2.45, 2.75) is 13.0 Å². The summed E-state index contributed by atoms with van der Waals surface area (Å²) in [7, 11) is 1.67. The van der Waals surface area contributed by atoms with Crippen LogP contribution in [0, 0.1) is 0 Å². The van der Waals surface area contributed by atoms with Crippen LogP contribution >= 0.6 is 11.6 Å². The van der Waals surface area contributed by atoms with Gasteiger partial charge < -0.3 is 9.64 Å². The van der Waals surface area contributed by atoms with Gasteiger partial charge in [0.25, 0.3) is 0 Å². The van der Waals surface area contributed by atoms with E-state index in [9.17, 15) is 9.59 Å². The Kier molecular flexibility index (Phi) is 5.65. The van der Waals surface area contributed by atoms with Crippen LogP contribution in [0.25, 0.3) is 0 Å². The molecule has 7 heteroatoms. The van der Waals surface area contributed by atoms with Gasteiger partial charge in [-0.25, -0.2) is 9.97 Å². The van der Waals surface area contributed by atoms with Crippen LogP contribution in [0.15, 0.2) is 42.7 Å². The van der Waals surface area contributed by atoms with E-state index >= 15 is 0 Å². The summed E-state index contributed by atoms with van der Waals surface area (Å²) in [5, 5.41) is 0.538. The predicted molar refractivity (Wildman–Crippen MR) is 86.6 cm³/mol. The van der Waals surface area contributed by atoms with Crippen molar-refractivity contribution in [3.8, 4) is 0 Å². The van der Waals surface area contributed by atoms with E-state index in [4.69, 9.17) is 16.3 Å². The summed E-state index contributed by atoms with van der Waals surface area (Å²) in [5.74, 6) is -0.412. The number of carbonyl (C=O) groups is 2. The van der Waals surface area contributed by atoms with Crippen LogP contribution in [0.3, 0.4) is 0 Å². The summed E-state index contributed by atoms with van der Waals surface area (Å²) in [6.45, 7) is 1.48.